The minimum absolute atomic E-state index is 0.286. The first kappa shape index (κ1) is 11.3. The van der Waals surface area contributed by atoms with Gasteiger partial charge in [0.05, 0.1) is 0 Å². The van der Waals surface area contributed by atoms with E-state index in [9.17, 15) is 5.11 Å². The third-order valence-corrected chi connectivity index (χ3v) is 2.07. The minimum Gasteiger partial charge on any atom is -0.508 e. The molecule has 3 heteroatoms. The molecule has 0 radical (unpaired) electrons. The zero-order chi connectivity index (χ0) is 11.3. The molecule has 1 aromatic carbocycles. The maximum Gasteiger partial charge on any atom is 0.118 e. The van der Waals surface area contributed by atoms with E-state index in [1.165, 1.54) is 0 Å². The minimum atomic E-state index is 0.286. The highest BCUT2D eigenvalue weighted by Crippen LogP contribution is 2.19. The third-order valence-electron chi connectivity index (χ3n) is 2.07. The van der Waals surface area contributed by atoms with Crippen LogP contribution >= 0.6 is 0 Å². The second kappa shape index (κ2) is 5.20. The molecule has 0 spiro atoms. The zero-order valence-corrected chi connectivity index (χ0v) is 9.07. The number of phenols is 1. The standard InChI is InChI=1S/C12H16N2O/c1-3-14-7-6-11(13)10-4-5-12(15)9(2)8-10/h4-8,15H,3,13H2,1-2H3. The average molecular weight is 204 g/mol. The fourth-order valence-electron chi connectivity index (χ4n) is 1.17. The molecule has 0 atom stereocenters. The zero-order valence-electron chi connectivity index (χ0n) is 9.07. The summed E-state index contributed by atoms with van der Waals surface area (Å²) >= 11 is 0. The van der Waals surface area contributed by atoms with E-state index in [-0.39, 0.29) is 5.75 Å². The molecule has 1 rings (SSSR count). The highest BCUT2D eigenvalue weighted by atomic mass is 16.3. The van der Waals surface area contributed by atoms with Gasteiger partial charge in [-0.2, -0.15) is 0 Å². The van der Waals surface area contributed by atoms with Crippen molar-refractivity contribution in [2.75, 3.05) is 6.54 Å². The molecule has 0 aliphatic rings. The van der Waals surface area contributed by atoms with E-state index in [4.69, 9.17) is 5.73 Å². The molecule has 0 unspecified atom stereocenters. The van der Waals surface area contributed by atoms with Crippen LogP contribution in [0.3, 0.4) is 0 Å². The van der Waals surface area contributed by atoms with Crippen LogP contribution in [0, 0.1) is 6.92 Å². The first-order chi connectivity index (χ1) is 7.15. The monoisotopic (exact) mass is 204 g/mol. The van der Waals surface area contributed by atoms with Gasteiger partial charge in [-0.15, -0.1) is 0 Å². The van der Waals surface area contributed by atoms with Gasteiger partial charge >= 0.3 is 0 Å². The van der Waals surface area contributed by atoms with Gasteiger partial charge in [-0.25, -0.2) is 0 Å². The van der Waals surface area contributed by atoms with Crippen molar-refractivity contribution in [2.24, 2.45) is 10.7 Å². The quantitative estimate of drug-likeness (QED) is 0.741. The Morgan fingerprint density at radius 2 is 2.27 bits per heavy atom. The van der Waals surface area contributed by atoms with Crippen molar-refractivity contribution < 1.29 is 5.11 Å². The fourth-order valence-corrected chi connectivity index (χ4v) is 1.17. The number of nitrogens with zero attached hydrogens (tertiary/aromatic N) is 1. The molecule has 0 amide bonds. The second-order valence-electron chi connectivity index (χ2n) is 3.27. The molecule has 0 saturated heterocycles. The number of nitrogens with two attached hydrogens (primary N) is 1. The summed E-state index contributed by atoms with van der Waals surface area (Å²) in [5.74, 6) is 0.286. The Balaban J connectivity index is 2.91. The summed E-state index contributed by atoms with van der Waals surface area (Å²) in [4.78, 5) is 4.05. The molecule has 0 bridgehead atoms. The number of phenolic OH excluding ortho intramolecular Hbond substituents is 1. The van der Waals surface area contributed by atoms with Gasteiger partial charge in [0.25, 0.3) is 0 Å². The molecule has 0 aliphatic carbocycles. The van der Waals surface area contributed by atoms with Crippen molar-refractivity contribution in [3.8, 4) is 5.75 Å². The maximum absolute atomic E-state index is 9.35. The van der Waals surface area contributed by atoms with Crippen LogP contribution in [0.25, 0.3) is 5.70 Å². The number of rotatable bonds is 3. The van der Waals surface area contributed by atoms with Gasteiger partial charge in [0, 0.05) is 18.5 Å². The Hall–Kier alpha value is -1.77. The van der Waals surface area contributed by atoms with Crippen molar-refractivity contribution in [2.45, 2.75) is 13.8 Å². The van der Waals surface area contributed by atoms with E-state index >= 15 is 0 Å². The number of aliphatic imine (C=N–C) groups is 1. The van der Waals surface area contributed by atoms with Crippen LogP contribution in [-0.2, 0) is 0 Å². The van der Waals surface area contributed by atoms with Crippen LogP contribution in [0.5, 0.6) is 5.75 Å². The lowest BCUT2D eigenvalue weighted by atomic mass is 10.1. The van der Waals surface area contributed by atoms with E-state index in [1.54, 1.807) is 24.4 Å². The van der Waals surface area contributed by atoms with Gasteiger partial charge in [-0.3, -0.25) is 4.99 Å². The van der Waals surface area contributed by atoms with E-state index in [1.807, 2.05) is 19.9 Å². The smallest absolute Gasteiger partial charge is 0.118 e. The maximum atomic E-state index is 9.35. The largest absolute Gasteiger partial charge is 0.508 e. The summed E-state index contributed by atoms with van der Waals surface area (Å²) in [6.07, 6.45) is 3.45. The highest BCUT2D eigenvalue weighted by Gasteiger charge is 1.99. The van der Waals surface area contributed by atoms with Gasteiger partial charge < -0.3 is 10.8 Å². The predicted molar refractivity (Wildman–Crippen MR) is 64.0 cm³/mol. The molecule has 15 heavy (non-hydrogen) atoms. The number of hydrogen-bond acceptors (Lipinski definition) is 3. The molecule has 3 nitrogen and oxygen atoms in total. The van der Waals surface area contributed by atoms with Crippen LogP contribution in [0.2, 0.25) is 0 Å². The SMILES string of the molecule is CCN=CC=C(N)c1ccc(O)c(C)c1. The van der Waals surface area contributed by atoms with E-state index in [2.05, 4.69) is 4.99 Å². The van der Waals surface area contributed by atoms with Gasteiger partial charge in [0.2, 0.25) is 0 Å². The Bertz CT molecular complexity index is 395. The number of benzene rings is 1. The molecule has 3 N–H and O–H groups in total. The Morgan fingerprint density at radius 3 is 2.87 bits per heavy atom. The number of aryl methyl sites for hydroxylation is 1. The number of hydrogen-bond donors (Lipinski definition) is 2. The summed E-state index contributed by atoms with van der Waals surface area (Å²) in [6.45, 7) is 4.55. The normalized spacial score (nSPS) is 12.3. The Kier molecular flexibility index (Phi) is 3.92. The van der Waals surface area contributed by atoms with Gasteiger partial charge in [-0.05, 0) is 49.2 Å². The average Bonchev–Trinajstić information content (AvgIpc) is 2.22. The van der Waals surface area contributed by atoms with Crippen molar-refractivity contribution in [3.05, 3.63) is 35.4 Å². The van der Waals surface area contributed by atoms with Crippen LogP contribution in [-0.4, -0.2) is 17.9 Å². The lowest BCUT2D eigenvalue weighted by Gasteiger charge is -2.03. The second-order valence-corrected chi connectivity index (χ2v) is 3.27. The predicted octanol–water partition coefficient (Wildman–Crippen LogP) is 2.09. The first-order valence-corrected chi connectivity index (χ1v) is 4.90. The highest BCUT2D eigenvalue weighted by molar-refractivity contribution is 5.83. The van der Waals surface area contributed by atoms with E-state index < -0.39 is 0 Å². The Morgan fingerprint density at radius 1 is 1.53 bits per heavy atom. The van der Waals surface area contributed by atoms with Crippen molar-refractivity contribution in [1.82, 2.24) is 0 Å². The molecular weight excluding hydrogens is 188 g/mol. The third kappa shape index (κ3) is 3.13. The molecule has 0 fully saturated rings. The van der Waals surface area contributed by atoms with Crippen molar-refractivity contribution in [3.63, 3.8) is 0 Å². The van der Waals surface area contributed by atoms with Gasteiger partial charge in [0.15, 0.2) is 0 Å². The summed E-state index contributed by atoms with van der Waals surface area (Å²) in [5, 5.41) is 9.35. The Labute approximate surface area is 90.0 Å². The van der Waals surface area contributed by atoms with Crippen LogP contribution in [0.15, 0.2) is 29.3 Å². The van der Waals surface area contributed by atoms with Gasteiger partial charge in [-0.1, -0.05) is 0 Å². The summed E-state index contributed by atoms with van der Waals surface area (Å²) in [7, 11) is 0. The molecule has 0 heterocycles. The number of aromatic hydroxyl groups is 1. The van der Waals surface area contributed by atoms with Crippen LogP contribution in [0.1, 0.15) is 18.1 Å². The summed E-state index contributed by atoms with van der Waals surface area (Å²) < 4.78 is 0. The van der Waals surface area contributed by atoms with Crippen LogP contribution in [0.4, 0.5) is 0 Å². The topological polar surface area (TPSA) is 58.6 Å². The van der Waals surface area contributed by atoms with Crippen molar-refractivity contribution >= 4 is 11.9 Å². The molecule has 80 valence electrons. The van der Waals surface area contributed by atoms with Crippen LogP contribution < -0.4 is 5.73 Å². The molecule has 0 aromatic heterocycles. The fraction of sp³-hybridized carbons (Fsp3) is 0.250. The lowest BCUT2D eigenvalue weighted by molar-refractivity contribution is 0.471. The molecular formula is C12H16N2O. The first-order valence-electron chi connectivity index (χ1n) is 4.90. The van der Waals surface area contributed by atoms with Crippen molar-refractivity contribution in [1.29, 1.82) is 0 Å². The van der Waals surface area contributed by atoms with E-state index in [0.29, 0.717) is 5.70 Å². The molecule has 0 aliphatic heterocycles. The van der Waals surface area contributed by atoms with E-state index in [0.717, 1.165) is 17.7 Å². The van der Waals surface area contributed by atoms with Gasteiger partial charge in [0.1, 0.15) is 5.75 Å². The summed E-state index contributed by atoms with van der Waals surface area (Å²) in [5.41, 5.74) is 8.20. The number of allylic oxidation sites excluding steroid dienone is 1. The molecule has 1 aromatic rings. The lowest BCUT2D eigenvalue weighted by Crippen LogP contribution is -1.97. The molecule has 0 saturated carbocycles. The summed E-state index contributed by atoms with van der Waals surface area (Å²) in [6, 6.07) is 5.28.